The maximum atomic E-state index is 12.6. The van der Waals surface area contributed by atoms with Crippen LogP contribution in [0.3, 0.4) is 0 Å². The van der Waals surface area contributed by atoms with E-state index in [4.69, 9.17) is 27.9 Å². The number of hydrogen-bond acceptors (Lipinski definition) is 5. The van der Waals surface area contributed by atoms with Crippen molar-refractivity contribution in [1.29, 1.82) is 0 Å². The van der Waals surface area contributed by atoms with Gasteiger partial charge >= 0.3 is 5.97 Å². The first-order valence-corrected chi connectivity index (χ1v) is 12.3. The van der Waals surface area contributed by atoms with E-state index >= 15 is 0 Å². The molecule has 1 atom stereocenters. The molecule has 0 spiro atoms. The van der Waals surface area contributed by atoms with Crippen molar-refractivity contribution < 1.29 is 22.7 Å². The fourth-order valence-electron chi connectivity index (χ4n) is 3.64. The van der Waals surface area contributed by atoms with Gasteiger partial charge < -0.3 is 4.74 Å². The van der Waals surface area contributed by atoms with Gasteiger partial charge in [0.1, 0.15) is 6.04 Å². The van der Waals surface area contributed by atoms with E-state index < -0.39 is 28.6 Å². The Morgan fingerprint density at radius 1 is 0.970 bits per heavy atom. The zero-order chi connectivity index (χ0) is 23.8. The summed E-state index contributed by atoms with van der Waals surface area (Å²) >= 11 is 11.7. The lowest BCUT2D eigenvalue weighted by molar-refractivity contribution is -0.144. The fraction of sp³-hybridized carbons (Fsp3) is 0.167. The van der Waals surface area contributed by atoms with Gasteiger partial charge in [-0.1, -0.05) is 59.6 Å². The molecule has 4 rings (SSSR count). The van der Waals surface area contributed by atoms with Crippen LogP contribution in [0.5, 0.6) is 0 Å². The summed E-state index contributed by atoms with van der Waals surface area (Å²) in [6.45, 7) is 0.826. The Hall–Kier alpha value is -2.71. The molecule has 9 heteroatoms. The normalized spacial score (nSPS) is 13.2. The third-order valence-electron chi connectivity index (χ3n) is 5.35. The Bertz CT molecular complexity index is 1370. The number of fused-ring (bicyclic) bond motifs is 3. The Morgan fingerprint density at radius 3 is 2.45 bits per heavy atom. The second-order valence-corrected chi connectivity index (χ2v) is 10.2. The molecule has 0 bridgehead atoms. The zero-order valence-electron chi connectivity index (χ0n) is 17.5. The van der Waals surface area contributed by atoms with E-state index in [0.717, 1.165) is 23.1 Å². The van der Waals surface area contributed by atoms with Crippen LogP contribution in [0.15, 0.2) is 65.6 Å². The second-order valence-electron chi connectivity index (χ2n) is 7.66. The summed E-state index contributed by atoms with van der Waals surface area (Å²) in [6.07, 6.45) is 0.811. The first-order valence-electron chi connectivity index (χ1n) is 10.0. The number of benzene rings is 3. The first-order chi connectivity index (χ1) is 15.7. The van der Waals surface area contributed by atoms with Gasteiger partial charge in [0.2, 0.25) is 10.0 Å². The molecule has 3 aromatic rings. The number of Topliss-reactive ketones (excluding diaryl/α,β-unsaturated/α-hetero) is 1. The van der Waals surface area contributed by atoms with Crippen molar-refractivity contribution in [2.24, 2.45) is 0 Å². The van der Waals surface area contributed by atoms with Crippen LogP contribution in [0.4, 0.5) is 0 Å². The minimum atomic E-state index is -4.05. The summed E-state index contributed by atoms with van der Waals surface area (Å²) < 4.78 is 32.3. The van der Waals surface area contributed by atoms with Crippen LogP contribution >= 0.6 is 23.2 Å². The highest BCUT2D eigenvalue weighted by atomic mass is 35.5. The molecular weight excluding hydrogens is 485 g/mol. The smallest absolute Gasteiger partial charge is 0.324 e. The number of carbonyl (C=O) groups is 2. The lowest BCUT2D eigenvalue weighted by Gasteiger charge is -2.14. The van der Waals surface area contributed by atoms with Crippen LogP contribution in [0, 0.1) is 0 Å². The van der Waals surface area contributed by atoms with Gasteiger partial charge in [0.25, 0.3) is 0 Å². The average Bonchev–Trinajstić information content (AvgIpc) is 3.16. The van der Waals surface area contributed by atoms with Crippen LogP contribution in [-0.2, 0) is 26.0 Å². The van der Waals surface area contributed by atoms with Crippen LogP contribution in [0.25, 0.3) is 11.1 Å². The minimum Gasteiger partial charge on any atom is -0.456 e. The molecule has 0 aromatic heterocycles. The number of ether oxygens (including phenoxy) is 1. The van der Waals surface area contributed by atoms with Gasteiger partial charge in [0.05, 0.1) is 14.9 Å². The quantitative estimate of drug-likeness (QED) is 0.292. The molecule has 1 aliphatic rings. The Labute approximate surface area is 201 Å². The van der Waals surface area contributed by atoms with E-state index in [2.05, 4.69) is 10.8 Å². The Balaban J connectivity index is 1.39. The highest BCUT2D eigenvalue weighted by molar-refractivity contribution is 7.89. The topological polar surface area (TPSA) is 89.5 Å². The van der Waals surface area contributed by atoms with Gasteiger partial charge in [-0.25, -0.2) is 8.42 Å². The number of rotatable bonds is 7. The number of esters is 1. The highest BCUT2D eigenvalue weighted by Crippen LogP contribution is 2.36. The van der Waals surface area contributed by atoms with Gasteiger partial charge in [-0.2, -0.15) is 4.72 Å². The standard InChI is InChI=1S/C24H19Cl2NO5S/c1-14(27-33(30,31)18-8-9-21(25)22(26)12-18)24(29)32-13-23(28)17-7-6-16-10-15-4-2-3-5-19(15)20(16)11-17/h2-9,11-12,14,27H,10,13H2,1H3/t14-/m0/s1. The molecular formula is C24H19Cl2NO5S. The van der Waals surface area contributed by atoms with E-state index in [9.17, 15) is 18.0 Å². The minimum absolute atomic E-state index is 0.0670. The van der Waals surface area contributed by atoms with Gasteiger partial charge in [-0.05, 0) is 59.9 Å². The van der Waals surface area contributed by atoms with E-state index in [1.54, 1.807) is 12.1 Å². The van der Waals surface area contributed by atoms with Gasteiger partial charge in [0, 0.05) is 5.56 Å². The number of sulfonamides is 1. The molecule has 0 aliphatic heterocycles. The molecule has 1 N–H and O–H groups in total. The third kappa shape index (κ3) is 4.96. The molecule has 3 aromatic carbocycles. The summed E-state index contributed by atoms with van der Waals surface area (Å²) in [6, 6.07) is 16.0. The van der Waals surface area contributed by atoms with Crippen LogP contribution in [-0.4, -0.2) is 32.8 Å². The van der Waals surface area contributed by atoms with Crippen molar-refractivity contribution in [2.45, 2.75) is 24.3 Å². The molecule has 33 heavy (non-hydrogen) atoms. The summed E-state index contributed by atoms with van der Waals surface area (Å²) in [4.78, 5) is 24.8. The van der Waals surface area contributed by atoms with Gasteiger partial charge in [-0.15, -0.1) is 0 Å². The first kappa shape index (κ1) is 23.4. The monoisotopic (exact) mass is 503 g/mol. The highest BCUT2D eigenvalue weighted by Gasteiger charge is 2.25. The molecule has 0 unspecified atom stereocenters. The van der Waals surface area contributed by atoms with Crippen molar-refractivity contribution in [1.82, 2.24) is 4.72 Å². The summed E-state index contributed by atoms with van der Waals surface area (Å²) in [5, 5.41) is 0.272. The van der Waals surface area contributed by atoms with Crippen molar-refractivity contribution >= 4 is 45.0 Å². The third-order valence-corrected chi connectivity index (χ3v) is 7.63. The average molecular weight is 504 g/mol. The van der Waals surface area contributed by atoms with Crippen LogP contribution in [0.2, 0.25) is 10.0 Å². The molecule has 0 fully saturated rings. The van der Waals surface area contributed by atoms with Crippen LogP contribution < -0.4 is 4.72 Å². The fourth-order valence-corrected chi connectivity index (χ4v) is 5.22. The lowest BCUT2D eigenvalue weighted by atomic mass is 10.0. The molecule has 0 amide bonds. The summed E-state index contributed by atoms with van der Waals surface area (Å²) in [5.74, 6) is -1.26. The summed E-state index contributed by atoms with van der Waals surface area (Å²) in [7, 11) is -4.05. The molecule has 0 saturated heterocycles. The SMILES string of the molecule is C[C@H](NS(=O)(=O)c1ccc(Cl)c(Cl)c1)C(=O)OCC(=O)c1ccc2c(c1)-c1ccccc1C2. The molecule has 0 radical (unpaired) electrons. The van der Waals surface area contributed by atoms with E-state index in [0.29, 0.717) is 5.56 Å². The number of hydrogen-bond donors (Lipinski definition) is 1. The largest absolute Gasteiger partial charge is 0.456 e. The van der Waals surface area contributed by atoms with E-state index in [1.807, 2.05) is 24.3 Å². The molecule has 170 valence electrons. The second kappa shape index (κ2) is 9.27. The number of ketones is 1. The zero-order valence-corrected chi connectivity index (χ0v) is 19.8. The van der Waals surface area contributed by atoms with Crippen molar-refractivity contribution in [3.05, 3.63) is 87.4 Å². The number of nitrogens with one attached hydrogen (secondary N) is 1. The maximum absolute atomic E-state index is 12.6. The van der Waals surface area contributed by atoms with E-state index in [1.165, 1.54) is 30.7 Å². The molecule has 0 saturated carbocycles. The van der Waals surface area contributed by atoms with Gasteiger partial charge in [0.15, 0.2) is 12.4 Å². The van der Waals surface area contributed by atoms with Crippen molar-refractivity contribution in [3.63, 3.8) is 0 Å². The van der Waals surface area contributed by atoms with Gasteiger partial charge in [-0.3, -0.25) is 9.59 Å². The molecule has 6 nitrogen and oxygen atoms in total. The van der Waals surface area contributed by atoms with Crippen molar-refractivity contribution in [2.75, 3.05) is 6.61 Å². The van der Waals surface area contributed by atoms with E-state index in [-0.39, 0.29) is 20.7 Å². The number of carbonyl (C=O) groups excluding carboxylic acids is 2. The Kier molecular flexibility index (Phi) is 6.59. The predicted molar refractivity (Wildman–Crippen MR) is 126 cm³/mol. The Morgan fingerprint density at radius 2 is 1.70 bits per heavy atom. The summed E-state index contributed by atoms with van der Waals surface area (Å²) in [5.41, 5.74) is 4.83. The number of halogens is 2. The molecule has 0 heterocycles. The van der Waals surface area contributed by atoms with Crippen LogP contribution in [0.1, 0.15) is 28.4 Å². The molecule has 1 aliphatic carbocycles. The lowest BCUT2D eigenvalue weighted by Crippen LogP contribution is -2.40. The van der Waals surface area contributed by atoms with Crippen molar-refractivity contribution in [3.8, 4) is 11.1 Å². The maximum Gasteiger partial charge on any atom is 0.324 e. The predicted octanol–water partition coefficient (Wildman–Crippen LogP) is 4.66.